The van der Waals surface area contributed by atoms with Gasteiger partial charge in [0.1, 0.15) is 73.2 Å². The van der Waals surface area contributed by atoms with E-state index in [-0.39, 0.29) is 18.9 Å². The van der Waals surface area contributed by atoms with Crippen molar-refractivity contribution in [2.24, 2.45) is 0 Å². The molecule has 3 heterocycles. The number of allylic oxidation sites excluding steroid dienone is 11. The summed E-state index contributed by atoms with van der Waals surface area (Å²) in [6.45, 7) is 1.74. The van der Waals surface area contributed by atoms with Gasteiger partial charge in [-0.1, -0.05) is 344 Å². The predicted molar refractivity (Wildman–Crippen MR) is 438 cm³/mol. The Morgan fingerprint density at radius 2 is 0.615 bits per heavy atom. The van der Waals surface area contributed by atoms with Crippen molar-refractivity contribution in [3.05, 3.63) is 72.9 Å². The van der Waals surface area contributed by atoms with Gasteiger partial charge in [0.2, 0.25) is 5.91 Å². The molecule has 636 valence electrons. The standard InChI is InChI=1S/C90H163NO18/c1-3-5-7-9-11-13-15-17-19-21-23-25-27-28-29-30-31-32-33-34-35-36-37-38-39-40-41-42-43-44-46-48-50-52-54-56-58-60-62-64-66-68-78(96)91-73(74(95)67-65-63-61-59-57-55-53-51-49-47-45-26-24-22-20-18-16-14-12-10-8-6-4-2)72-104-88-84(102)81(99)86(76(70-93)106-88)109-90-85(103)82(100)87(77(71-94)107-90)108-89-83(101)80(98)79(97)75(69-92)105-89/h15,17,21,23,27-28,49,51,57,59,65,67,73-77,79-90,92-95,97-103H,3-14,16,18-20,22,24-26,29-48,50,52-56,58,60-64,66,68-72H2,1-2H3,(H,91,96)/b17-15-,23-21-,28-27-,51-49+,59-57+,67-65+. The second-order valence-corrected chi connectivity index (χ2v) is 31.7. The summed E-state index contributed by atoms with van der Waals surface area (Å²) < 4.78 is 34.5. The van der Waals surface area contributed by atoms with Gasteiger partial charge in [-0.15, -0.1) is 0 Å². The molecular formula is C90H163NO18. The van der Waals surface area contributed by atoms with E-state index >= 15 is 0 Å². The van der Waals surface area contributed by atoms with E-state index in [0.717, 1.165) is 57.8 Å². The molecule has 109 heavy (non-hydrogen) atoms. The van der Waals surface area contributed by atoms with E-state index in [1.54, 1.807) is 6.08 Å². The normalized spacial score (nSPS) is 25.6. The molecule has 17 unspecified atom stereocenters. The first kappa shape index (κ1) is 100. The number of nitrogens with one attached hydrogen (secondary N) is 1. The molecule has 19 heteroatoms. The van der Waals surface area contributed by atoms with Gasteiger partial charge in [-0.3, -0.25) is 4.79 Å². The lowest BCUT2D eigenvalue weighted by atomic mass is 9.96. The molecule has 3 aliphatic rings. The van der Waals surface area contributed by atoms with Gasteiger partial charge in [0.15, 0.2) is 18.9 Å². The van der Waals surface area contributed by atoms with Crippen molar-refractivity contribution in [1.29, 1.82) is 0 Å². The number of hydrogen-bond donors (Lipinski definition) is 12. The van der Waals surface area contributed by atoms with Crippen LogP contribution in [0.4, 0.5) is 0 Å². The predicted octanol–water partition coefficient (Wildman–Crippen LogP) is 16.7. The third-order valence-corrected chi connectivity index (χ3v) is 22.0. The van der Waals surface area contributed by atoms with Gasteiger partial charge in [0.05, 0.1) is 38.6 Å². The number of hydrogen-bond acceptors (Lipinski definition) is 18. The van der Waals surface area contributed by atoms with Crippen LogP contribution in [0.25, 0.3) is 0 Å². The van der Waals surface area contributed by atoms with Crippen LogP contribution in [0.1, 0.15) is 361 Å². The summed E-state index contributed by atoms with van der Waals surface area (Å²) in [5.74, 6) is -0.284. The summed E-state index contributed by atoms with van der Waals surface area (Å²) in [4.78, 5) is 13.5. The van der Waals surface area contributed by atoms with Crippen molar-refractivity contribution >= 4 is 5.91 Å². The van der Waals surface area contributed by atoms with E-state index in [1.807, 2.05) is 6.08 Å². The zero-order valence-corrected chi connectivity index (χ0v) is 68.5. The number of carbonyl (C=O) groups is 1. The summed E-state index contributed by atoms with van der Waals surface area (Å²) in [5.41, 5.74) is 0. The lowest BCUT2D eigenvalue weighted by molar-refractivity contribution is -0.379. The van der Waals surface area contributed by atoms with Gasteiger partial charge in [-0.2, -0.15) is 0 Å². The molecule has 12 N–H and O–H groups in total. The quantitative estimate of drug-likeness (QED) is 0.0199. The highest BCUT2D eigenvalue weighted by Crippen LogP contribution is 2.33. The molecule has 0 aromatic rings. The first-order chi connectivity index (χ1) is 53.3. The van der Waals surface area contributed by atoms with Crippen molar-refractivity contribution in [3.63, 3.8) is 0 Å². The van der Waals surface area contributed by atoms with Crippen LogP contribution in [0.2, 0.25) is 0 Å². The first-order valence-corrected chi connectivity index (χ1v) is 44.7. The van der Waals surface area contributed by atoms with E-state index in [1.165, 1.54) is 270 Å². The van der Waals surface area contributed by atoms with Gasteiger partial charge in [-0.25, -0.2) is 0 Å². The van der Waals surface area contributed by atoms with Gasteiger partial charge in [0.25, 0.3) is 0 Å². The smallest absolute Gasteiger partial charge is 0.220 e. The van der Waals surface area contributed by atoms with Crippen molar-refractivity contribution < 1.29 is 89.4 Å². The molecular weight excluding hydrogens is 1380 g/mol. The average Bonchev–Trinajstić information content (AvgIpc) is 0.760. The molecule has 19 nitrogen and oxygen atoms in total. The highest BCUT2D eigenvalue weighted by Gasteiger charge is 2.54. The van der Waals surface area contributed by atoms with Gasteiger partial charge in [0, 0.05) is 6.42 Å². The number of rotatable bonds is 72. The molecule has 0 radical (unpaired) electrons. The minimum atomic E-state index is -1.98. The SMILES string of the molecule is CCCCCCC/C=C\C/C=C\C/C=C\CCCCCCCCCCCCCCCCCCCCCCCCCCCCC(=O)NC(COC1OC(CO)C(OC2OC(CO)C(OC3OC(CO)C(O)C(O)C3O)C(O)C2O)C(O)C1O)C(O)/C=C/CC/C=C/CC/C=C/CCCCCCCCCCCCCCC. The van der Waals surface area contributed by atoms with E-state index in [9.17, 15) is 61.0 Å². The van der Waals surface area contributed by atoms with Gasteiger partial charge < -0.3 is 89.9 Å². The van der Waals surface area contributed by atoms with Crippen molar-refractivity contribution in [2.75, 3.05) is 26.4 Å². The van der Waals surface area contributed by atoms with Crippen LogP contribution in [-0.4, -0.2) is 193 Å². The Morgan fingerprint density at radius 1 is 0.330 bits per heavy atom. The highest BCUT2D eigenvalue weighted by atomic mass is 16.8. The van der Waals surface area contributed by atoms with Crippen molar-refractivity contribution in [1.82, 2.24) is 5.32 Å². The maximum absolute atomic E-state index is 13.5. The second-order valence-electron chi connectivity index (χ2n) is 31.7. The van der Waals surface area contributed by atoms with E-state index in [4.69, 9.17) is 28.4 Å². The largest absolute Gasteiger partial charge is 0.394 e. The maximum Gasteiger partial charge on any atom is 0.220 e. The fourth-order valence-corrected chi connectivity index (χ4v) is 14.8. The Labute approximate surface area is 661 Å². The Hall–Kier alpha value is -2.77. The minimum Gasteiger partial charge on any atom is -0.394 e. The molecule has 1 amide bonds. The Balaban J connectivity index is 1.30. The maximum atomic E-state index is 13.5. The number of carbonyl (C=O) groups excluding carboxylic acids is 1. The van der Waals surface area contributed by atoms with Crippen LogP contribution in [0.5, 0.6) is 0 Å². The van der Waals surface area contributed by atoms with Crippen LogP contribution >= 0.6 is 0 Å². The van der Waals surface area contributed by atoms with Crippen LogP contribution in [0, 0.1) is 0 Å². The fourth-order valence-electron chi connectivity index (χ4n) is 14.8. The summed E-state index contributed by atoms with van der Waals surface area (Å²) in [6, 6.07) is -0.999. The Morgan fingerprint density at radius 3 is 0.982 bits per heavy atom. The molecule has 3 saturated heterocycles. The molecule has 3 fully saturated rings. The number of aliphatic hydroxyl groups excluding tert-OH is 11. The summed E-state index contributed by atoms with van der Waals surface area (Å²) in [6.07, 6.45) is 66.4. The second kappa shape index (κ2) is 69.5. The van der Waals surface area contributed by atoms with Crippen molar-refractivity contribution in [2.45, 2.75) is 465 Å². The van der Waals surface area contributed by atoms with Gasteiger partial charge >= 0.3 is 0 Å². The third-order valence-electron chi connectivity index (χ3n) is 22.0. The molecule has 0 aromatic heterocycles. The van der Waals surface area contributed by atoms with E-state index < -0.39 is 124 Å². The monoisotopic (exact) mass is 1550 g/mol. The lowest BCUT2D eigenvalue weighted by Crippen LogP contribution is -2.66. The molecule has 0 aromatic carbocycles. The fraction of sp³-hybridized carbons (Fsp3) is 0.856. The first-order valence-electron chi connectivity index (χ1n) is 44.7. The van der Waals surface area contributed by atoms with Crippen LogP contribution in [0.15, 0.2) is 72.9 Å². The molecule has 3 rings (SSSR count). The van der Waals surface area contributed by atoms with E-state index in [2.05, 4.69) is 79.9 Å². The third kappa shape index (κ3) is 48.4. The Kier molecular flexibility index (Phi) is 64.1. The number of amides is 1. The molecule has 0 spiro atoms. The summed E-state index contributed by atoms with van der Waals surface area (Å²) >= 11 is 0. The van der Waals surface area contributed by atoms with E-state index in [0.29, 0.717) is 12.8 Å². The Bertz CT molecular complexity index is 2250. The molecule has 17 atom stereocenters. The molecule has 0 saturated carbocycles. The summed E-state index contributed by atoms with van der Waals surface area (Å²) in [7, 11) is 0. The van der Waals surface area contributed by atoms with Crippen LogP contribution in [-0.2, 0) is 33.2 Å². The lowest BCUT2D eigenvalue weighted by Gasteiger charge is -2.48. The number of ether oxygens (including phenoxy) is 6. The molecule has 3 aliphatic heterocycles. The topological polar surface area (TPSA) is 307 Å². The molecule has 0 bridgehead atoms. The highest BCUT2D eigenvalue weighted by molar-refractivity contribution is 5.76. The summed E-state index contributed by atoms with van der Waals surface area (Å²) in [5, 5.41) is 121. The number of unbranched alkanes of at least 4 members (excludes halogenated alkanes) is 46. The molecule has 0 aliphatic carbocycles. The van der Waals surface area contributed by atoms with Gasteiger partial charge in [-0.05, 0) is 83.5 Å². The zero-order valence-electron chi connectivity index (χ0n) is 68.5. The zero-order chi connectivity index (χ0) is 78.8. The van der Waals surface area contributed by atoms with Crippen LogP contribution in [0.3, 0.4) is 0 Å². The number of aliphatic hydroxyl groups is 11. The minimum absolute atomic E-state index is 0.234. The van der Waals surface area contributed by atoms with Crippen LogP contribution < -0.4 is 5.32 Å². The average molecular weight is 1550 g/mol. The van der Waals surface area contributed by atoms with Crippen molar-refractivity contribution in [3.8, 4) is 0 Å².